The number of amides is 1. The summed E-state index contributed by atoms with van der Waals surface area (Å²) in [5.41, 5.74) is -0.260. The van der Waals surface area contributed by atoms with Gasteiger partial charge in [0, 0.05) is 6.92 Å². The maximum Gasteiger partial charge on any atom is 0.323 e. The van der Waals surface area contributed by atoms with Gasteiger partial charge in [0.1, 0.15) is 5.82 Å². The molecular formula is C11H13FN2O5S. The number of anilines is 2. The number of nitrogens with one attached hydrogen (secondary N) is 2. The highest BCUT2D eigenvalue weighted by atomic mass is 32.2. The van der Waals surface area contributed by atoms with Crippen molar-refractivity contribution in [3.05, 3.63) is 24.0 Å². The highest BCUT2D eigenvalue weighted by molar-refractivity contribution is 7.94. The molecule has 0 spiro atoms. The molecule has 9 heteroatoms. The Hall–Kier alpha value is -2.16. The van der Waals surface area contributed by atoms with E-state index in [2.05, 4.69) is 5.32 Å². The molecule has 3 N–H and O–H groups in total. The van der Waals surface area contributed by atoms with Crippen molar-refractivity contribution in [2.75, 3.05) is 10.0 Å². The lowest BCUT2D eigenvalue weighted by molar-refractivity contribution is -0.136. The lowest BCUT2D eigenvalue weighted by Crippen LogP contribution is -2.32. The zero-order valence-electron chi connectivity index (χ0n) is 10.7. The molecule has 1 unspecified atom stereocenters. The van der Waals surface area contributed by atoms with Crippen molar-refractivity contribution < 1.29 is 27.5 Å². The van der Waals surface area contributed by atoms with Gasteiger partial charge in [-0.05, 0) is 25.1 Å². The average Bonchev–Trinajstić information content (AvgIpc) is 2.31. The molecule has 0 aliphatic rings. The van der Waals surface area contributed by atoms with E-state index >= 15 is 0 Å². The van der Waals surface area contributed by atoms with Crippen LogP contribution >= 0.6 is 0 Å². The molecule has 1 aromatic rings. The molecule has 1 amide bonds. The third-order valence-corrected chi connectivity index (χ3v) is 4.00. The number of carboxylic acids is 1. The second-order valence-electron chi connectivity index (χ2n) is 4.00. The molecule has 1 rings (SSSR count). The van der Waals surface area contributed by atoms with Crippen LogP contribution in [0, 0.1) is 5.82 Å². The summed E-state index contributed by atoms with van der Waals surface area (Å²) in [6, 6.07) is 3.13. The molecule has 0 aliphatic carbocycles. The topological polar surface area (TPSA) is 113 Å². The standard InChI is InChI=1S/C11H13FN2O5S/c1-6(11(16)17)20(18,19)14-8-3-4-9(12)10(5-8)13-7(2)15/h3-6,14H,1-2H3,(H,13,15)(H,16,17). The predicted molar refractivity (Wildman–Crippen MR) is 70.3 cm³/mol. The Morgan fingerprint density at radius 2 is 1.95 bits per heavy atom. The number of halogens is 1. The molecule has 20 heavy (non-hydrogen) atoms. The Kier molecular flexibility index (Phi) is 4.66. The highest BCUT2D eigenvalue weighted by Gasteiger charge is 2.27. The summed E-state index contributed by atoms with van der Waals surface area (Å²) in [5.74, 6) is -2.78. The van der Waals surface area contributed by atoms with Crippen LogP contribution in [-0.2, 0) is 19.6 Å². The number of rotatable bonds is 5. The van der Waals surface area contributed by atoms with E-state index in [1.54, 1.807) is 0 Å². The van der Waals surface area contributed by atoms with Crippen molar-refractivity contribution in [3.63, 3.8) is 0 Å². The average molecular weight is 304 g/mol. The van der Waals surface area contributed by atoms with Crippen LogP contribution in [-0.4, -0.2) is 30.7 Å². The first-order chi connectivity index (χ1) is 9.13. The van der Waals surface area contributed by atoms with Crippen LogP contribution in [0.3, 0.4) is 0 Å². The molecule has 1 aromatic carbocycles. The predicted octanol–water partition coefficient (Wildman–Crippen LogP) is 0.999. The zero-order chi connectivity index (χ0) is 15.5. The summed E-state index contributed by atoms with van der Waals surface area (Å²) in [6.45, 7) is 2.17. The fourth-order valence-corrected chi connectivity index (χ4v) is 2.16. The third kappa shape index (κ3) is 3.92. The summed E-state index contributed by atoms with van der Waals surface area (Å²) in [6.07, 6.45) is 0. The Balaban J connectivity index is 3.05. The largest absolute Gasteiger partial charge is 0.480 e. The SMILES string of the molecule is CC(=O)Nc1cc(NS(=O)(=O)C(C)C(=O)O)ccc1F. The Morgan fingerprint density at radius 1 is 1.35 bits per heavy atom. The summed E-state index contributed by atoms with van der Waals surface area (Å²) < 4.78 is 38.8. The van der Waals surface area contributed by atoms with E-state index < -0.39 is 33.0 Å². The number of aliphatic carboxylic acids is 1. The molecule has 0 fully saturated rings. The minimum Gasteiger partial charge on any atom is -0.480 e. The van der Waals surface area contributed by atoms with Crippen LogP contribution in [0.4, 0.5) is 15.8 Å². The van der Waals surface area contributed by atoms with Crippen molar-refractivity contribution in [2.45, 2.75) is 19.1 Å². The van der Waals surface area contributed by atoms with Crippen LogP contribution in [0.5, 0.6) is 0 Å². The van der Waals surface area contributed by atoms with Crippen molar-refractivity contribution in [2.24, 2.45) is 0 Å². The van der Waals surface area contributed by atoms with Crippen molar-refractivity contribution in [1.29, 1.82) is 0 Å². The Labute approximate surface area is 114 Å². The van der Waals surface area contributed by atoms with Gasteiger partial charge < -0.3 is 10.4 Å². The van der Waals surface area contributed by atoms with Gasteiger partial charge in [0.25, 0.3) is 0 Å². The number of carbonyl (C=O) groups excluding carboxylic acids is 1. The van der Waals surface area contributed by atoms with Crippen molar-refractivity contribution in [3.8, 4) is 0 Å². The molecule has 0 bridgehead atoms. The van der Waals surface area contributed by atoms with Gasteiger partial charge in [0.05, 0.1) is 11.4 Å². The van der Waals surface area contributed by atoms with Crippen LogP contribution < -0.4 is 10.0 Å². The molecule has 0 saturated carbocycles. The second kappa shape index (κ2) is 5.87. The maximum absolute atomic E-state index is 13.4. The number of hydrogen-bond donors (Lipinski definition) is 3. The normalized spacial score (nSPS) is 12.6. The number of sulfonamides is 1. The Morgan fingerprint density at radius 3 is 2.45 bits per heavy atom. The fraction of sp³-hybridized carbons (Fsp3) is 0.273. The minimum absolute atomic E-state index is 0.0525. The number of benzene rings is 1. The molecule has 1 atom stereocenters. The van der Waals surface area contributed by atoms with E-state index in [1.165, 1.54) is 6.92 Å². The van der Waals surface area contributed by atoms with Gasteiger partial charge in [-0.25, -0.2) is 12.8 Å². The molecule has 0 saturated heterocycles. The number of carboxylic acid groups (broad SMARTS) is 1. The van der Waals surface area contributed by atoms with E-state index in [1.807, 2.05) is 4.72 Å². The van der Waals surface area contributed by atoms with Crippen LogP contribution in [0.1, 0.15) is 13.8 Å². The minimum atomic E-state index is -4.16. The molecular weight excluding hydrogens is 291 g/mol. The maximum atomic E-state index is 13.4. The van der Waals surface area contributed by atoms with Gasteiger partial charge >= 0.3 is 5.97 Å². The molecule has 0 radical (unpaired) electrons. The summed E-state index contributed by atoms with van der Waals surface area (Å²) >= 11 is 0. The van der Waals surface area contributed by atoms with E-state index in [-0.39, 0.29) is 11.4 Å². The first-order valence-corrected chi connectivity index (χ1v) is 6.99. The van der Waals surface area contributed by atoms with E-state index in [9.17, 15) is 22.4 Å². The molecule has 0 aromatic heterocycles. The van der Waals surface area contributed by atoms with Gasteiger partial charge in [-0.1, -0.05) is 0 Å². The van der Waals surface area contributed by atoms with Crippen LogP contribution in [0.25, 0.3) is 0 Å². The molecule has 0 aliphatic heterocycles. The first kappa shape index (κ1) is 15.9. The smallest absolute Gasteiger partial charge is 0.323 e. The van der Waals surface area contributed by atoms with Crippen LogP contribution in [0.15, 0.2) is 18.2 Å². The number of carbonyl (C=O) groups is 2. The molecule has 0 heterocycles. The lowest BCUT2D eigenvalue weighted by atomic mass is 10.2. The van der Waals surface area contributed by atoms with Gasteiger partial charge in [0.15, 0.2) is 5.25 Å². The lowest BCUT2D eigenvalue weighted by Gasteiger charge is -2.12. The summed E-state index contributed by atoms with van der Waals surface area (Å²) in [5, 5.41) is 9.19. The monoisotopic (exact) mass is 304 g/mol. The van der Waals surface area contributed by atoms with Gasteiger partial charge in [-0.15, -0.1) is 0 Å². The third-order valence-electron chi connectivity index (χ3n) is 2.35. The highest BCUT2D eigenvalue weighted by Crippen LogP contribution is 2.21. The van der Waals surface area contributed by atoms with Gasteiger partial charge in [-0.3, -0.25) is 14.3 Å². The van der Waals surface area contributed by atoms with Crippen LogP contribution in [0.2, 0.25) is 0 Å². The van der Waals surface area contributed by atoms with E-state index in [0.717, 1.165) is 25.1 Å². The fourth-order valence-electron chi connectivity index (χ4n) is 1.26. The summed E-state index contributed by atoms with van der Waals surface area (Å²) in [4.78, 5) is 21.5. The van der Waals surface area contributed by atoms with E-state index in [0.29, 0.717) is 0 Å². The first-order valence-electron chi connectivity index (χ1n) is 5.45. The summed E-state index contributed by atoms with van der Waals surface area (Å²) in [7, 11) is -4.16. The zero-order valence-corrected chi connectivity index (χ0v) is 11.5. The van der Waals surface area contributed by atoms with Crippen molar-refractivity contribution >= 4 is 33.3 Å². The molecule has 7 nitrogen and oxygen atoms in total. The number of hydrogen-bond acceptors (Lipinski definition) is 4. The van der Waals surface area contributed by atoms with E-state index in [4.69, 9.17) is 5.11 Å². The molecule has 110 valence electrons. The van der Waals surface area contributed by atoms with Crippen molar-refractivity contribution in [1.82, 2.24) is 0 Å². The Bertz CT molecular complexity index is 644. The van der Waals surface area contributed by atoms with Gasteiger partial charge in [0.2, 0.25) is 15.9 Å². The van der Waals surface area contributed by atoms with Gasteiger partial charge in [-0.2, -0.15) is 0 Å². The second-order valence-corrected chi connectivity index (χ2v) is 6.00. The quantitative estimate of drug-likeness (QED) is 0.751.